The van der Waals surface area contributed by atoms with E-state index in [4.69, 9.17) is 35.4 Å². The molecule has 10 nitrogen and oxygen atoms in total. The lowest BCUT2D eigenvalue weighted by Crippen LogP contribution is -2.54. The highest BCUT2D eigenvalue weighted by atomic mass is 35.5. The van der Waals surface area contributed by atoms with Gasteiger partial charge in [-0.25, -0.2) is 4.98 Å². The fourth-order valence-electron chi connectivity index (χ4n) is 4.60. The molecule has 0 saturated carbocycles. The molecule has 0 unspecified atom stereocenters. The van der Waals surface area contributed by atoms with E-state index in [1.165, 1.54) is 29.5 Å². The first-order chi connectivity index (χ1) is 22.5. The number of aryl methyl sites for hydroxylation is 1. The second-order valence-corrected chi connectivity index (χ2v) is 13.6. The standard InChI is InChI=1S/C32H19Cl2N5O5S3/c1-16-6-9-19(15-23(16)34)38-30(42)21(29(41)37-31(38)45)12-17-7-11-26(25(13-17)39(43)44)46-32-36-24-10-8-18(14-27(24)47-32)35-28(40)20-4-2-3-5-22(20)33/h2-15H,1H3,(H,35,40)(H,37,41,45)/b21-12+. The van der Waals surface area contributed by atoms with Gasteiger partial charge in [-0.1, -0.05) is 59.2 Å². The van der Waals surface area contributed by atoms with Crippen molar-refractivity contribution in [3.05, 3.63) is 121 Å². The summed E-state index contributed by atoms with van der Waals surface area (Å²) in [6.45, 7) is 1.81. The molecular weight excluding hydrogens is 701 g/mol. The number of hydrogen-bond acceptors (Lipinski definition) is 9. The number of aromatic nitrogens is 1. The second-order valence-electron chi connectivity index (χ2n) is 10.1. The molecule has 1 aliphatic heterocycles. The SMILES string of the molecule is Cc1ccc(N2C(=O)/C(=C/c3ccc(Sc4nc5ccc(NC(=O)c6ccccc6Cl)cc5s4)c([N+](=O)[O-])c3)C(=O)NC2=S)cc1Cl. The molecule has 1 aromatic heterocycles. The molecule has 1 aliphatic rings. The largest absolute Gasteiger partial charge is 0.322 e. The van der Waals surface area contributed by atoms with Gasteiger partial charge in [-0.15, -0.1) is 11.3 Å². The Balaban J connectivity index is 1.25. The summed E-state index contributed by atoms with van der Waals surface area (Å²) in [6, 6.07) is 21.2. The predicted molar refractivity (Wildman–Crippen MR) is 189 cm³/mol. The number of carbonyl (C=O) groups excluding carboxylic acids is 3. The lowest BCUT2D eigenvalue weighted by atomic mass is 10.1. The van der Waals surface area contributed by atoms with E-state index in [1.807, 2.05) is 6.92 Å². The molecule has 0 aliphatic carbocycles. The van der Waals surface area contributed by atoms with Crippen LogP contribution in [0, 0.1) is 17.0 Å². The summed E-state index contributed by atoms with van der Waals surface area (Å²) >= 11 is 20.0. The van der Waals surface area contributed by atoms with Gasteiger partial charge in [0.2, 0.25) is 0 Å². The third kappa shape index (κ3) is 6.75. The zero-order valence-electron chi connectivity index (χ0n) is 23.9. The van der Waals surface area contributed by atoms with Gasteiger partial charge in [0.15, 0.2) is 9.45 Å². The smallest absolute Gasteiger partial charge is 0.283 e. The first-order valence-corrected chi connectivity index (χ1v) is 16.4. The molecule has 5 aromatic rings. The number of halogens is 2. The molecule has 1 fully saturated rings. The minimum absolute atomic E-state index is 0.110. The van der Waals surface area contributed by atoms with Crippen molar-refractivity contribution in [2.75, 3.05) is 10.2 Å². The Bertz CT molecular complexity index is 2200. The number of nitro groups is 1. The molecule has 2 N–H and O–H groups in total. The fraction of sp³-hybridized carbons (Fsp3) is 0.0312. The molecular formula is C32H19Cl2N5O5S3. The van der Waals surface area contributed by atoms with Crippen molar-refractivity contribution >= 4 is 115 Å². The van der Waals surface area contributed by atoms with Crippen LogP contribution in [0.3, 0.4) is 0 Å². The molecule has 47 heavy (non-hydrogen) atoms. The van der Waals surface area contributed by atoms with Crippen LogP contribution in [0.2, 0.25) is 10.0 Å². The fourth-order valence-corrected chi connectivity index (χ4v) is 7.42. The van der Waals surface area contributed by atoms with E-state index >= 15 is 0 Å². The van der Waals surface area contributed by atoms with Crippen molar-refractivity contribution < 1.29 is 19.3 Å². The van der Waals surface area contributed by atoms with E-state index in [1.54, 1.807) is 66.7 Å². The number of thiocarbonyl (C=S) groups is 1. The first-order valence-electron chi connectivity index (χ1n) is 13.6. The van der Waals surface area contributed by atoms with Crippen LogP contribution in [-0.4, -0.2) is 32.7 Å². The van der Waals surface area contributed by atoms with Crippen LogP contribution in [-0.2, 0) is 9.59 Å². The number of hydrogen-bond donors (Lipinski definition) is 2. The zero-order chi connectivity index (χ0) is 33.4. The summed E-state index contributed by atoms with van der Waals surface area (Å²) in [4.78, 5) is 56.5. The van der Waals surface area contributed by atoms with Gasteiger partial charge >= 0.3 is 0 Å². The predicted octanol–water partition coefficient (Wildman–Crippen LogP) is 8.05. The Hall–Kier alpha value is -4.66. The number of amides is 3. The summed E-state index contributed by atoms with van der Waals surface area (Å²) < 4.78 is 1.29. The molecule has 0 spiro atoms. The lowest BCUT2D eigenvalue weighted by Gasteiger charge is -2.29. The van der Waals surface area contributed by atoms with Crippen molar-refractivity contribution in [1.29, 1.82) is 0 Å². The van der Waals surface area contributed by atoms with E-state index < -0.39 is 16.7 Å². The van der Waals surface area contributed by atoms with Crippen LogP contribution < -0.4 is 15.5 Å². The van der Waals surface area contributed by atoms with E-state index in [0.29, 0.717) is 41.7 Å². The van der Waals surface area contributed by atoms with Gasteiger partial charge in [0, 0.05) is 16.8 Å². The molecule has 0 atom stereocenters. The number of carbonyl (C=O) groups is 3. The van der Waals surface area contributed by atoms with Crippen LogP contribution in [0.15, 0.2) is 93.7 Å². The maximum absolute atomic E-state index is 13.4. The van der Waals surface area contributed by atoms with Gasteiger partial charge in [0.1, 0.15) is 5.57 Å². The Labute approximate surface area is 290 Å². The summed E-state index contributed by atoms with van der Waals surface area (Å²) in [5.41, 5.74) is 2.46. The van der Waals surface area contributed by atoms with Crippen molar-refractivity contribution in [2.45, 2.75) is 16.2 Å². The van der Waals surface area contributed by atoms with E-state index in [9.17, 15) is 24.5 Å². The van der Waals surface area contributed by atoms with Gasteiger partial charge in [0.25, 0.3) is 23.4 Å². The van der Waals surface area contributed by atoms with Crippen LogP contribution in [0.25, 0.3) is 16.3 Å². The Morgan fingerprint density at radius 3 is 2.60 bits per heavy atom. The summed E-state index contributed by atoms with van der Waals surface area (Å²) in [5.74, 6) is -1.79. The number of nitro benzene ring substituents is 1. The monoisotopic (exact) mass is 719 g/mol. The summed E-state index contributed by atoms with van der Waals surface area (Å²) in [7, 11) is 0. The zero-order valence-corrected chi connectivity index (χ0v) is 27.9. The number of rotatable bonds is 7. The lowest BCUT2D eigenvalue weighted by molar-refractivity contribution is -0.387. The molecule has 0 radical (unpaired) electrons. The Kier molecular flexibility index (Phi) is 9.08. The minimum Gasteiger partial charge on any atom is -0.322 e. The molecule has 2 heterocycles. The number of nitrogens with one attached hydrogen (secondary N) is 2. The molecule has 0 bridgehead atoms. The molecule has 6 rings (SSSR count). The van der Waals surface area contributed by atoms with Crippen LogP contribution in [0.5, 0.6) is 0 Å². The molecule has 15 heteroatoms. The van der Waals surface area contributed by atoms with Gasteiger partial charge in [-0.2, -0.15) is 0 Å². The van der Waals surface area contributed by atoms with Gasteiger partial charge in [-0.05, 0) is 84.9 Å². The third-order valence-electron chi connectivity index (χ3n) is 6.95. The first kappa shape index (κ1) is 32.3. The number of thiazole rings is 1. The highest BCUT2D eigenvalue weighted by Crippen LogP contribution is 2.40. The van der Waals surface area contributed by atoms with E-state index in [-0.39, 0.29) is 27.8 Å². The van der Waals surface area contributed by atoms with Crippen LogP contribution >= 0.6 is 58.5 Å². The summed E-state index contributed by atoms with van der Waals surface area (Å²) in [5, 5.41) is 18.1. The van der Waals surface area contributed by atoms with Crippen molar-refractivity contribution in [1.82, 2.24) is 10.3 Å². The average molecular weight is 721 g/mol. The Morgan fingerprint density at radius 1 is 1.06 bits per heavy atom. The van der Waals surface area contributed by atoms with Gasteiger partial charge < -0.3 is 5.32 Å². The summed E-state index contributed by atoms with van der Waals surface area (Å²) in [6.07, 6.45) is 1.28. The molecule has 234 valence electrons. The number of nitrogens with zero attached hydrogens (tertiary/aromatic N) is 3. The third-order valence-corrected chi connectivity index (χ3v) is 10.1. The minimum atomic E-state index is -0.729. The van der Waals surface area contributed by atoms with E-state index in [2.05, 4.69) is 15.6 Å². The van der Waals surface area contributed by atoms with Crippen molar-refractivity contribution in [3.8, 4) is 0 Å². The number of benzene rings is 4. The number of fused-ring (bicyclic) bond motifs is 1. The maximum atomic E-state index is 13.4. The molecule has 3 amide bonds. The van der Waals surface area contributed by atoms with Crippen LogP contribution in [0.1, 0.15) is 21.5 Å². The highest BCUT2D eigenvalue weighted by Gasteiger charge is 2.35. The van der Waals surface area contributed by atoms with Gasteiger partial charge in [-0.3, -0.25) is 34.7 Å². The normalized spacial score (nSPS) is 14.1. The van der Waals surface area contributed by atoms with Crippen LogP contribution in [0.4, 0.5) is 17.1 Å². The maximum Gasteiger partial charge on any atom is 0.283 e. The molecule has 1 saturated heterocycles. The Morgan fingerprint density at radius 2 is 1.85 bits per heavy atom. The quantitative estimate of drug-likeness (QED) is 0.0567. The van der Waals surface area contributed by atoms with E-state index in [0.717, 1.165) is 26.9 Å². The second kappa shape index (κ2) is 13.2. The van der Waals surface area contributed by atoms with Crippen molar-refractivity contribution in [3.63, 3.8) is 0 Å². The van der Waals surface area contributed by atoms with Gasteiger partial charge in [0.05, 0.1) is 36.3 Å². The highest BCUT2D eigenvalue weighted by molar-refractivity contribution is 8.01. The average Bonchev–Trinajstić information content (AvgIpc) is 3.43. The molecule has 4 aromatic carbocycles. The number of anilines is 2. The topological polar surface area (TPSA) is 135 Å². The van der Waals surface area contributed by atoms with Crippen molar-refractivity contribution in [2.24, 2.45) is 0 Å².